The SMILES string of the molecule is Cc1nn(-c2ccc(Cl)nn2)c2c1C(c1cccc(OCc3ccccn3)c1)CC(=O)N2. The van der Waals surface area contributed by atoms with E-state index in [1.54, 1.807) is 23.0 Å². The number of hydrogen-bond donors (Lipinski definition) is 1. The molecule has 0 fully saturated rings. The number of fused-ring (bicyclic) bond motifs is 1. The molecule has 0 bridgehead atoms. The van der Waals surface area contributed by atoms with Crippen molar-refractivity contribution >= 4 is 23.3 Å². The molecule has 9 heteroatoms. The van der Waals surface area contributed by atoms with Crippen molar-refractivity contribution in [2.45, 2.75) is 25.9 Å². The molecule has 4 heterocycles. The largest absolute Gasteiger partial charge is 0.487 e. The average Bonchev–Trinajstić information content (AvgIpc) is 3.14. The molecule has 4 aromatic rings. The summed E-state index contributed by atoms with van der Waals surface area (Å²) < 4.78 is 7.54. The third kappa shape index (κ3) is 3.92. The van der Waals surface area contributed by atoms with Crippen molar-refractivity contribution in [3.05, 3.63) is 88.5 Å². The predicted octanol–water partition coefficient (Wildman–Crippen LogP) is 4.07. The summed E-state index contributed by atoms with van der Waals surface area (Å²) in [5.74, 6) is 1.54. The van der Waals surface area contributed by atoms with E-state index in [2.05, 4.69) is 25.6 Å². The van der Waals surface area contributed by atoms with Gasteiger partial charge in [0.25, 0.3) is 0 Å². The Balaban J connectivity index is 1.48. The van der Waals surface area contributed by atoms with Crippen LogP contribution in [0.25, 0.3) is 5.82 Å². The van der Waals surface area contributed by atoms with Gasteiger partial charge in [-0.25, -0.2) is 0 Å². The van der Waals surface area contributed by atoms with E-state index < -0.39 is 0 Å². The summed E-state index contributed by atoms with van der Waals surface area (Å²) in [5, 5.41) is 15.8. The summed E-state index contributed by atoms with van der Waals surface area (Å²) in [5.41, 5.74) is 3.58. The number of carbonyl (C=O) groups excluding carboxylic acids is 1. The lowest BCUT2D eigenvalue weighted by atomic mass is 9.86. The minimum Gasteiger partial charge on any atom is -0.487 e. The van der Waals surface area contributed by atoms with Crippen LogP contribution < -0.4 is 10.1 Å². The van der Waals surface area contributed by atoms with Crippen molar-refractivity contribution in [1.82, 2.24) is 25.0 Å². The van der Waals surface area contributed by atoms with Gasteiger partial charge < -0.3 is 10.1 Å². The molecule has 0 saturated heterocycles. The van der Waals surface area contributed by atoms with E-state index in [0.29, 0.717) is 30.4 Å². The lowest BCUT2D eigenvalue weighted by Gasteiger charge is -2.24. The van der Waals surface area contributed by atoms with E-state index in [0.717, 1.165) is 22.5 Å². The normalized spacial score (nSPS) is 15.2. The molecule has 1 N–H and O–H groups in total. The highest BCUT2D eigenvalue weighted by atomic mass is 35.5. The van der Waals surface area contributed by atoms with Crippen molar-refractivity contribution in [2.75, 3.05) is 5.32 Å². The first-order valence-electron chi connectivity index (χ1n) is 10.1. The fraction of sp³-hybridized carbons (Fsp3) is 0.174. The summed E-state index contributed by atoms with van der Waals surface area (Å²) >= 11 is 5.86. The second-order valence-corrected chi connectivity index (χ2v) is 7.85. The van der Waals surface area contributed by atoms with Crippen LogP contribution in [-0.2, 0) is 11.4 Å². The molecule has 3 aromatic heterocycles. The molecule has 5 rings (SSSR count). The van der Waals surface area contributed by atoms with E-state index in [-0.39, 0.29) is 17.0 Å². The van der Waals surface area contributed by atoms with Crippen molar-refractivity contribution in [1.29, 1.82) is 0 Å². The number of nitrogens with one attached hydrogen (secondary N) is 1. The molecule has 32 heavy (non-hydrogen) atoms. The minimum atomic E-state index is -0.161. The molecule has 1 unspecified atom stereocenters. The Bertz CT molecular complexity index is 1270. The molecule has 1 aromatic carbocycles. The van der Waals surface area contributed by atoms with E-state index in [1.165, 1.54) is 0 Å². The van der Waals surface area contributed by atoms with Crippen LogP contribution in [0.4, 0.5) is 5.82 Å². The topological polar surface area (TPSA) is 94.8 Å². The Morgan fingerprint density at radius 3 is 2.84 bits per heavy atom. The molecule has 1 aliphatic heterocycles. The number of ether oxygens (including phenoxy) is 1. The van der Waals surface area contributed by atoms with Crippen LogP contribution in [0.2, 0.25) is 5.15 Å². The van der Waals surface area contributed by atoms with Crippen molar-refractivity contribution < 1.29 is 9.53 Å². The highest BCUT2D eigenvalue weighted by Gasteiger charge is 2.33. The smallest absolute Gasteiger partial charge is 0.226 e. The Labute approximate surface area is 189 Å². The van der Waals surface area contributed by atoms with Crippen LogP contribution in [0.15, 0.2) is 60.8 Å². The fourth-order valence-corrected chi connectivity index (χ4v) is 3.98. The second-order valence-electron chi connectivity index (χ2n) is 7.46. The zero-order chi connectivity index (χ0) is 22.1. The number of carbonyl (C=O) groups is 1. The second kappa shape index (κ2) is 8.39. The highest BCUT2D eigenvalue weighted by Crippen LogP contribution is 2.40. The van der Waals surface area contributed by atoms with Crippen LogP contribution in [-0.4, -0.2) is 30.9 Å². The van der Waals surface area contributed by atoms with Gasteiger partial charge >= 0.3 is 0 Å². The maximum atomic E-state index is 12.6. The standard InChI is InChI=1S/C23H19ClN6O2/c1-14-22-18(15-5-4-7-17(11-15)32-13-16-6-2-3-10-25-16)12-21(31)26-23(22)30(29-14)20-9-8-19(24)27-28-20/h2-11,18H,12-13H2,1H3,(H,26,31). The molecule has 1 atom stereocenters. The van der Waals surface area contributed by atoms with Gasteiger partial charge in [0.1, 0.15) is 18.2 Å². The first-order chi connectivity index (χ1) is 15.6. The summed E-state index contributed by atoms with van der Waals surface area (Å²) in [6, 6.07) is 16.9. The Morgan fingerprint density at radius 1 is 1.16 bits per heavy atom. The van der Waals surface area contributed by atoms with Crippen molar-refractivity contribution in [3.63, 3.8) is 0 Å². The molecule has 8 nitrogen and oxygen atoms in total. The van der Waals surface area contributed by atoms with Crippen LogP contribution in [0.1, 0.15) is 34.9 Å². The van der Waals surface area contributed by atoms with Crippen molar-refractivity contribution in [2.24, 2.45) is 0 Å². The maximum absolute atomic E-state index is 12.6. The Hall–Kier alpha value is -3.78. The van der Waals surface area contributed by atoms with Crippen molar-refractivity contribution in [3.8, 4) is 11.6 Å². The van der Waals surface area contributed by atoms with Crippen LogP contribution >= 0.6 is 11.6 Å². The minimum absolute atomic E-state index is 0.0922. The number of aromatic nitrogens is 5. The number of aryl methyl sites for hydroxylation is 1. The van der Waals surface area contributed by atoms with Gasteiger partial charge in [0, 0.05) is 24.1 Å². The third-order valence-corrected chi connectivity index (χ3v) is 5.51. The lowest BCUT2D eigenvalue weighted by molar-refractivity contribution is -0.116. The Kier molecular flexibility index (Phi) is 5.28. The molecule has 160 valence electrons. The van der Waals surface area contributed by atoms with E-state index in [4.69, 9.17) is 16.3 Å². The van der Waals surface area contributed by atoms with E-state index >= 15 is 0 Å². The van der Waals surface area contributed by atoms with Gasteiger partial charge in [-0.1, -0.05) is 29.8 Å². The maximum Gasteiger partial charge on any atom is 0.226 e. The van der Waals surface area contributed by atoms with Crippen LogP contribution in [0, 0.1) is 6.92 Å². The number of amides is 1. The molecule has 0 spiro atoms. The number of rotatable bonds is 5. The first kappa shape index (κ1) is 20.1. The number of nitrogens with zero attached hydrogens (tertiary/aromatic N) is 5. The van der Waals surface area contributed by atoms with Gasteiger partial charge in [0.2, 0.25) is 5.91 Å². The zero-order valence-electron chi connectivity index (χ0n) is 17.2. The third-order valence-electron chi connectivity index (χ3n) is 5.31. The molecule has 1 aliphatic rings. The predicted molar refractivity (Wildman–Crippen MR) is 119 cm³/mol. The summed E-state index contributed by atoms with van der Waals surface area (Å²) in [6.07, 6.45) is 2.05. The van der Waals surface area contributed by atoms with Gasteiger partial charge in [-0.3, -0.25) is 9.78 Å². The monoisotopic (exact) mass is 446 g/mol. The average molecular weight is 447 g/mol. The van der Waals surface area contributed by atoms with E-state index in [9.17, 15) is 4.79 Å². The van der Waals surface area contributed by atoms with Crippen LogP contribution in [0.3, 0.4) is 0 Å². The van der Waals surface area contributed by atoms with Gasteiger partial charge in [0.05, 0.1) is 11.4 Å². The summed E-state index contributed by atoms with van der Waals surface area (Å²) in [7, 11) is 0. The molecule has 1 amide bonds. The Morgan fingerprint density at radius 2 is 2.06 bits per heavy atom. The van der Waals surface area contributed by atoms with Gasteiger partial charge in [-0.15, -0.1) is 10.2 Å². The summed E-state index contributed by atoms with van der Waals surface area (Å²) in [6.45, 7) is 2.29. The van der Waals surface area contributed by atoms with Gasteiger partial charge in [-0.05, 0) is 48.9 Å². The number of hydrogen-bond acceptors (Lipinski definition) is 6. The van der Waals surface area contributed by atoms with Gasteiger partial charge in [0.15, 0.2) is 11.0 Å². The van der Waals surface area contributed by atoms with Gasteiger partial charge in [-0.2, -0.15) is 9.78 Å². The number of halogens is 1. The number of pyridine rings is 1. The molecule has 0 saturated carbocycles. The number of anilines is 1. The first-order valence-corrected chi connectivity index (χ1v) is 10.5. The molecular formula is C23H19ClN6O2. The lowest BCUT2D eigenvalue weighted by Crippen LogP contribution is -2.25. The highest BCUT2D eigenvalue weighted by molar-refractivity contribution is 6.29. The fourth-order valence-electron chi connectivity index (χ4n) is 3.88. The number of benzene rings is 1. The molecular weight excluding hydrogens is 428 g/mol. The molecule has 0 radical (unpaired) electrons. The van der Waals surface area contributed by atoms with Crippen LogP contribution in [0.5, 0.6) is 5.75 Å². The van der Waals surface area contributed by atoms with E-state index in [1.807, 2.05) is 49.4 Å². The summed E-state index contributed by atoms with van der Waals surface area (Å²) in [4.78, 5) is 16.9. The zero-order valence-corrected chi connectivity index (χ0v) is 18.0. The molecule has 0 aliphatic carbocycles. The quantitative estimate of drug-likeness (QED) is 0.496.